The van der Waals surface area contributed by atoms with E-state index < -0.39 is 102 Å². The average Bonchev–Trinajstić information content (AvgIpc) is 0.791. The fourth-order valence-corrected chi connectivity index (χ4v) is 29.3. The number of likely N-dealkylation sites (N-methyl/N-ethyl adjacent to an activating group) is 2. The Morgan fingerprint density at radius 3 is 0.940 bits per heavy atom. The number of aromatic nitrogens is 6. The molecule has 3 amide bonds. The molecular formula is C111H159F3ILiN15NaO17. The van der Waals surface area contributed by atoms with Gasteiger partial charge in [-0.15, -0.1) is 0 Å². The van der Waals surface area contributed by atoms with Crippen molar-refractivity contribution in [1.29, 1.82) is 0 Å². The van der Waals surface area contributed by atoms with Crippen LogP contribution in [0.15, 0.2) is 87.2 Å². The molecule has 21 atom stereocenters. The zero-order valence-corrected chi connectivity index (χ0v) is 94.4. The van der Waals surface area contributed by atoms with Gasteiger partial charge in [0.1, 0.15) is 16.8 Å². The maximum absolute atomic E-state index is 14.6. The Morgan fingerprint density at radius 2 is 0.671 bits per heavy atom. The van der Waals surface area contributed by atoms with Crippen LogP contribution in [0.4, 0.5) is 45.0 Å². The molecule has 0 spiro atoms. The number of carboxylic acid groups (broad SMARTS) is 2. The quantitative estimate of drug-likeness (QED) is 0.0215. The SMILES string of the molecule is CC(C)(C)OC(=O)N[C@@H]1CN(c2nc3ccccc3n(C3C[C@H]4CCC[C@@H](C3)N4C3CC4CCCCC(C4)C3)c2=O)[C@@H]1C(=O)O.CI.CN(C(=O)OC(C)(C)C)[C@@H]1CN(c2nc3ccccc3n(C3C[C@H]4CCC[C@@H](C3)N4C3CC4CCCCC(C4)C3)c2=O)[C@@H]1C(=O)O.COC(=O)[C@@H]1[C@H](N(C)C(=O)OC(C)(C)C)CN1c1nc2ccccc2n(C2C[C@H]3CCC[C@@H](C2)N3C2CC3CCCCC(C3)C2)c1=O.O=CC(F)(F)F.[H-].[Li+].[Na+].[OH-]. The van der Waals surface area contributed by atoms with E-state index in [0.717, 1.165) is 96.1 Å². The van der Waals surface area contributed by atoms with E-state index in [4.69, 9.17) is 38.7 Å². The number of halogens is 4. The van der Waals surface area contributed by atoms with Gasteiger partial charge in [0.2, 0.25) is 6.29 Å². The third-order valence-electron chi connectivity index (χ3n) is 35.0. The Kier molecular flexibility index (Phi) is 38.6. The van der Waals surface area contributed by atoms with Gasteiger partial charge < -0.3 is 79.6 Å². The van der Waals surface area contributed by atoms with Gasteiger partial charge in [-0.3, -0.25) is 33.9 Å². The minimum Gasteiger partial charge on any atom is -1.00 e. The van der Waals surface area contributed by atoms with Crippen molar-refractivity contribution in [3.05, 3.63) is 104 Å². The minimum absolute atomic E-state index is 0. The number of nitrogens with one attached hydrogen (secondary N) is 1. The number of amides is 3. The molecule has 3 aromatic heterocycles. The summed E-state index contributed by atoms with van der Waals surface area (Å²) in [4.78, 5) is 161. The van der Waals surface area contributed by atoms with Crippen LogP contribution in [0.3, 0.4) is 0 Å². The zero-order chi connectivity index (χ0) is 104. The Labute approximate surface area is 923 Å². The van der Waals surface area contributed by atoms with Crippen molar-refractivity contribution in [2.45, 2.75) is 425 Å². The van der Waals surface area contributed by atoms with Crippen LogP contribution >= 0.6 is 22.6 Å². The second kappa shape index (κ2) is 49.2. The molecule has 32 nitrogen and oxygen atoms in total. The van der Waals surface area contributed by atoms with Crippen LogP contribution in [-0.4, -0.2) is 271 Å². The van der Waals surface area contributed by atoms with Gasteiger partial charge in [0.05, 0.1) is 58.3 Å². The van der Waals surface area contributed by atoms with E-state index in [1.54, 1.807) is 65.4 Å². The van der Waals surface area contributed by atoms with Crippen LogP contribution in [0.5, 0.6) is 0 Å². The van der Waals surface area contributed by atoms with Crippen molar-refractivity contribution in [3.63, 3.8) is 0 Å². The smallest absolute Gasteiger partial charge is 1.00 e. The van der Waals surface area contributed by atoms with Crippen molar-refractivity contribution in [2.24, 2.45) is 35.5 Å². The molecule has 3 aromatic carbocycles. The molecule has 9 saturated heterocycles. The van der Waals surface area contributed by atoms with Crippen molar-refractivity contribution in [1.82, 2.24) is 58.5 Å². The minimum atomic E-state index is -4.64. The number of carboxylic acids is 2. The van der Waals surface area contributed by atoms with E-state index in [0.29, 0.717) is 65.4 Å². The first-order chi connectivity index (χ1) is 69.6. The van der Waals surface area contributed by atoms with Gasteiger partial charge in [-0.1, -0.05) is 155 Å². The molecule has 0 radical (unpaired) electrons. The number of rotatable bonds is 15. The Balaban J connectivity index is 0.000000178. The molecule has 15 fully saturated rings. The number of anilines is 3. The van der Waals surface area contributed by atoms with Crippen LogP contribution in [0.25, 0.3) is 33.1 Å². The summed E-state index contributed by atoms with van der Waals surface area (Å²) < 4.78 is 58.8. The second-order valence-corrected chi connectivity index (χ2v) is 48.1. The number of para-hydroxylation sites is 6. The van der Waals surface area contributed by atoms with Crippen molar-refractivity contribution < 1.29 is 131 Å². The van der Waals surface area contributed by atoms with E-state index >= 15 is 0 Å². The molecular weight excluding hydrogens is 2030 g/mol. The molecule has 810 valence electrons. The van der Waals surface area contributed by atoms with E-state index in [1.807, 2.05) is 112 Å². The summed E-state index contributed by atoms with van der Waals surface area (Å²) in [6.07, 6.45) is 38.0. The molecule has 6 saturated carbocycles. The first-order valence-electron chi connectivity index (χ1n) is 54.6. The van der Waals surface area contributed by atoms with E-state index in [2.05, 4.69) is 42.6 Å². The number of aldehydes is 1. The van der Waals surface area contributed by atoms with Crippen LogP contribution in [0.2, 0.25) is 0 Å². The molecule has 12 heterocycles. The molecule has 9 aliphatic heterocycles. The summed E-state index contributed by atoms with van der Waals surface area (Å²) >= 11 is 2.15. The van der Waals surface area contributed by atoms with E-state index in [1.165, 1.54) is 214 Å². The number of piperidine rings is 6. The van der Waals surface area contributed by atoms with Crippen LogP contribution in [0, 0.1) is 35.5 Å². The number of ether oxygens (including phenoxy) is 4. The number of carbonyl (C=O) groups is 7. The first kappa shape index (κ1) is 117. The van der Waals surface area contributed by atoms with Gasteiger partial charge in [0.15, 0.2) is 35.6 Å². The molecule has 21 rings (SSSR count). The van der Waals surface area contributed by atoms with Crippen molar-refractivity contribution in [3.8, 4) is 0 Å². The largest absolute Gasteiger partial charge is 1.00 e. The number of benzene rings is 3. The molecule has 9 unspecified atom stereocenters. The number of carbonyl (C=O) groups excluding carboxylic acids is 5. The zero-order valence-electron chi connectivity index (χ0n) is 91.3. The Hall–Kier alpha value is -7.67. The normalized spacial score (nSPS) is 31.2. The maximum atomic E-state index is 14.6. The fraction of sp³-hybridized carbons (Fsp3) is 0.721. The summed E-state index contributed by atoms with van der Waals surface area (Å²) in [5.41, 5.74) is 1.85. The summed E-state index contributed by atoms with van der Waals surface area (Å²) in [7, 11) is 4.53. The van der Waals surface area contributed by atoms with Gasteiger partial charge in [-0.2, -0.15) is 13.2 Å². The van der Waals surface area contributed by atoms with Crippen LogP contribution < -0.4 is 85.1 Å². The predicted octanol–water partition coefficient (Wildman–Crippen LogP) is 13.0. The average molecular weight is 2190 g/mol. The van der Waals surface area contributed by atoms with Gasteiger partial charge in [0, 0.05) is 106 Å². The molecule has 149 heavy (non-hydrogen) atoms. The number of fused-ring (bicyclic) bond motifs is 15. The Morgan fingerprint density at radius 1 is 0.403 bits per heavy atom. The molecule has 6 aliphatic carbocycles. The number of nitrogens with zero attached hydrogens (tertiary/aromatic N) is 14. The number of hydrogen-bond donors (Lipinski definition) is 3. The molecule has 12 bridgehead atoms. The summed E-state index contributed by atoms with van der Waals surface area (Å²) in [6.45, 7) is 16.7. The number of esters is 1. The number of alkyl carbamates (subject to hydrolysis) is 1. The number of methoxy groups -OCH3 is 1. The monoisotopic (exact) mass is 2190 g/mol. The number of alkyl halides is 4. The number of hydrogen-bond acceptors (Lipinski definition) is 24. The van der Waals surface area contributed by atoms with Crippen LogP contribution in [0.1, 0.15) is 313 Å². The third kappa shape index (κ3) is 26.2. The molecule has 15 aliphatic rings. The summed E-state index contributed by atoms with van der Waals surface area (Å²) in [6, 6.07) is 23.4. The third-order valence-corrected chi connectivity index (χ3v) is 35.0. The van der Waals surface area contributed by atoms with Gasteiger partial charge in [-0.05, 0) is 274 Å². The van der Waals surface area contributed by atoms with Crippen molar-refractivity contribution in [2.75, 3.05) is 60.5 Å². The maximum Gasteiger partial charge on any atom is 1.00 e. The van der Waals surface area contributed by atoms with Gasteiger partial charge >= 0.3 is 90.8 Å². The van der Waals surface area contributed by atoms with E-state index in [-0.39, 0.29) is 127 Å². The van der Waals surface area contributed by atoms with E-state index in [9.17, 15) is 66.5 Å². The number of aliphatic carboxylic acids is 2. The Bertz CT molecular complexity index is 5810. The van der Waals surface area contributed by atoms with Crippen molar-refractivity contribution >= 4 is 116 Å². The molecule has 4 N–H and O–H groups in total. The molecule has 6 aromatic rings. The van der Waals surface area contributed by atoms with Gasteiger partial charge in [0.25, 0.3) is 16.7 Å². The van der Waals surface area contributed by atoms with Crippen LogP contribution in [-0.2, 0) is 38.1 Å². The van der Waals surface area contributed by atoms with Gasteiger partial charge in [-0.25, -0.2) is 43.7 Å². The summed E-state index contributed by atoms with van der Waals surface area (Å²) in [5, 5.41) is 23.2. The first-order valence-corrected chi connectivity index (χ1v) is 56.8. The standard InChI is InChI=1S/C37H53N5O5.C36H51N5O5.C35H49N5O5.C2HF3O.CH3I.Li.Na.H2O.H/c1-37(2,3)47-36(45)39(4)31-22-40(32(31)35(44)46-5)33-34(43)42(30-16-9-8-15-29(30)38-33)28-20-25-13-10-14-26(21-28)41(25)27-18-23-11-6-7-12-24(17-23)19-27;1-36(2,3)46-35(45)38(4)30-21-39(31(30)34(43)44)32-33(42)41(29-15-8-7-14-28(29)37-32)27-19-24-12-9-13-25(20-27)40(24)26-17-22-10-5-6-11-23(16-22)18-26;1-35(2,3)45-34(44)37-28-20-38(30(28)33(42)43)31-32(41)40(29-14-7-6-13-27(29)36-31)26-18-23-11-8-12-24(19-26)39(23)25-16-21-9-4-5-10-22(15-21)17-25;3-2(4,5)1-6;1-2;;;;/h8-9,15-16,23-28,31-32H,6-7,10-14,17-22H2,1-5H3;7-8,14-15,22-27,30-31H,5-6,9-13,16-21H2,1-4H3,(H,43,44);6-7,13-14,21-26,28,30H,4-5,8-12,15-20H2,1-3H3,(H,37,44)(H,42,43);1H;1H3;;;1H2;/q;;;;;2*+1;;-1/p-1/t23?,24?,25-,26+,27?,28?,31-,32+;22?,23?,24-,25+,26?,27?,30-,31+;21?,22?,23-,24+,25?,26?,28-,30+;;;;;;/m111....../s1. The fourth-order valence-electron chi connectivity index (χ4n) is 29.3. The second-order valence-electron chi connectivity index (χ2n) is 48.1. The predicted molar refractivity (Wildman–Crippen MR) is 566 cm³/mol. The topological polar surface area (TPSA) is 369 Å². The summed E-state index contributed by atoms with van der Waals surface area (Å²) in [5.74, 6) is 3.08. The molecule has 38 heteroatoms.